The molecule has 1 aliphatic rings. The number of nitrogens with two attached hydrogens (primary N) is 1. The predicted octanol–water partition coefficient (Wildman–Crippen LogP) is -1.87. The van der Waals surface area contributed by atoms with Crippen LogP contribution in [0.3, 0.4) is 0 Å². The van der Waals surface area contributed by atoms with Crippen molar-refractivity contribution in [2.45, 2.75) is 19.1 Å². The van der Waals surface area contributed by atoms with Crippen LogP contribution in [0.4, 0.5) is 0 Å². The summed E-state index contributed by atoms with van der Waals surface area (Å²) in [5, 5.41) is 12.5. The first kappa shape index (κ1) is 10.4. The van der Waals surface area contributed by atoms with E-state index in [0.29, 0.717) is 0 Å². The van der Waals surface area contributed by atoms with Crippen molar-refractivity contribution in [3.05, 3.63) is 0 Å². The van der Waals surface area contributed by atoms with E-state index >= 15 is 0 Å². The fraction of sp³-hybridized carbons (Fsp3) is 0.875. The van der Waals surface area contributed by atoms with E-state index in [1.165, 1.54) is 0 Å². The first-order chi connectivity index (χ1) is 6.13. The van der Waals surface area contributed by atoms with Gasteiger partial charge in [-0.15, -0.1) is 0 Å². The van der Waals surface area contributed by atoms with E-state index in [2.05, 4.69) is 5.32 Å². The van der Waals surface area contributed by atoms with Gasteiger partial charge in [-0.2, -0.15) is 0 Å². The Kier molecular flexibility index (Phi) is 3.65. The van der Waals surface area contributed by atoms with Crippen molar-refractivity contribution in [2.24, 2.45) is 5.73 Å². The molecule has 1 aliphatic heterocycles. The molecule has 1 fully saturated rings. The molecule has 2 unspecified atom stereocenters. The van der Waals surface area contributed by atoms with Crippen molar-refractivity contribution in [1.82, 2.24) is 10.2 Å². The molecule has 0 aromatic heterocycles. The normalized spacial score (nSPS) is 23.8. The van der Waals surface area contributed by atoms with E-state index in [-0.39, 0.29) is 0 Å². The molecule has 0 radical (unpaired) electrons. The Bertz CT molecular complexity index is 178. The number of nitrogens with one attached hydrogen (secondary N) is 1. The van der Waals surface area contributed by atoms with Gasteiger partial charge in [-0.1, -0.05) is 0 Å². The zero-order valence-electron chi connectivity index (χ0n) is 7.86. The third kappa shape index (κ3) is 2.65. The minimum absolute atomic E-state index is 0.447. The smallest absolute Gasteiger partial charge is 0.237 e. The molecule has 1 amide bonds. The van der Waals surface area contributed by atoms with Gasteiger partial charge in [-0.25, -0.2) is 0 Å². The highest BCUT2D eigenvalue weighted by molar-refractivity contribution is 5.80. The molecule has 0 saturated carbocycles. The van der Waals surface area contributed by atoms with Gasteiger partial charge in [-0.3, -0.25) is 9.69 Å². The number of rotatable bonds is 3. The van der Waals surface area contributed by atoms with E-state index in [1.807, 2.05) is 4.90 Å². The second-order valence-corrected chi connectivity index (χ2v) is 3.37. The summed E-state index contributed by atoms with van der Waals surface area (Å²) in [6.45, 7) is 4.81. The van der Waals surface area contributed by atoms with Crippen LogP contribution in [0.2, 0.25) is 0 Å². The van der Waals surface area contributed by atoms with Gasteiger partial charge >= 0.3 is 0 Å². The number of amides is 1. The lowest BCUT2D eigenvalue weighted by Crippen LogP contribution is -2.56. The van der Waals surface area contributed by atoms with Crippen molar-refractivity contribution in [3.63, 3.8) is 0 Å². The summed E-state index contributed by atoms with van der Waals surface area (Å²) >= 11 is 0. The number of nitrogens with zero attached hydrogens (tertiary/aromatic N) is 1. The zero-order chi connectivity index (χ0) is 9.84. The molecule has 1 rings (SSSR count). The molecule has 1 saturated heterocycles. The molecular weight excluding hydrogens is 170 g/mol. The van der Waals surface area contributed by atoms with Gasteiger partial charge in [-0.05, 0) is 6.92 Å². The molecule has 76 valence electrons. The van der Waals surface area contributed by atoms with Crippen LogP contribution < -0.4 is 11.1 Å². The van der Waals surface area contributed by atoms with Crippen LogP contribution in [-0.2, 0) is 4.79 Å². The Balaban J connectivity index is 2.57. The summed E-state index contributed by atoms with van der Waals surface area (Å²) in [4.78, 5) is 13.0. The Morgan fingerprint density at radius 1 is 1.54 bits per heavy atom. The third-order valence-electron chi connectivity index (χ3n) is 2.29. The van der Waals surface area contributed by atoms with Crippen molar-refractivity contribution < 1.29 is 9.90 Å². The summed E-state index contributed by atoms with van der Waals surface area (Å²) in [6, 6.07) is -0.540. The molecule has 4 N–H and O–H groups in total. The summed E-state index contributed by atoms with van der Waals surface area (Å²) in [6.07, 6.45) is -0.699. The second kappa shape index (κ2) is 4.55. The summed E-state index contributed by atoms with van der Waals surface area (Å²) in [5.74, 6) is -0.447. The average molecular weight is 187 g/mol. The van der Waals surface area contributed by atoms with E-state index in [9.17, 15) is 9.90 Å². The molecule has 5 nitrogen and oxygen atoms in total. The van der Waals surface area contributed by atoms with E-state index in [4.69, 9.17) is 5.73 Å². The average Bonchev–Trinajstić information content (AvgIpc) is 2.04. The second-order valence-electron chi connectivity index (χ2n) is 3.37. The maximum absolute atomic E-state index is 11.0. The fourth-order valence-corrected chi connectivity index (χ4v) is 1.68. The monoisotopic (exact) mass is 187 g/mol. The minimum atomic E-state index is -0.699. The van der Waals surface area contributed by atoms with Crippen molar-refractivity contribution in [2.75, 3.05) is 26.2 Å². The highest BCUT2D eigenvalue weighted by Crippen LogP contribution is 2.05. The van der Waals surface area contributed by atoms with Crippen LogP contribution in [0.1, 0.15) is 6.92 Å². The summed E-state index contributed by atoms with van der Waals surface area (Å²) < 4.78 is 0. The summed E-state index contributed by atoms with van der Waals surface area (Å²) in [5.41, 5.74) is 5.21. The lowest BCUT2D eigenvalue weighted by Gasteiger charge is -2.34. The number of primary amides is 1. The number of piperazine rings is 1. The number of hydrogen-bond donors (Lipinski definition) is 3. The number of carbonyl (C=O) groups excluding carboxylic acids is 1. The first-order valence-electron chi connectivity index (χ1n) is 4.55. The molecule has 0 spiro atoms. The maximum Gasteiger partial charge on any atom is 0.237 e. The number of hydrogen-bond acceptors (Lipinski definition) is 4. The Labute approximate surface area is 77.9 Å². The Hall–Kier alpha value is -0.650. The van der Waals surface area contributed by atoms with Gasteiger partial charge < -0.3 is 16.2 Å². The Morgan fingerprint density at radius 3 is 2.46 bits per heavy atom. The SMILES string of the molecule is CC(O)C(C(N)=O)N1CCNCC1. The number of aliphatic hydroxyl groups is 1. The van der Waals surface area contributed by atoms with Crippen LogP contribution in [0.5, 0.6) is 0 Å². The molecule has 5 heteroatoms. The molecule has 1 heterocycles. The van der Waals surface area contributed by atoms with Crippen LogP contribution >= 0.6 is 0 Å². The lowest BCUT2D eigenvalue weighted by atomic mass is 10.1. The molecular formula is C8H17N3O2. The molecule has 0 aromatic rings. The lowest BCUT2D eigenvalue weighted by molar-refractivity contribution is -0.127. The van der Waals surface area contributed by atoms with Crippen LogP contribution in [0.25, 0.3) is 0 Å². The molecule has 0 bridgehead atoms. The first-order valence-corrected chi connectivity index (χ1v) is 4.55. The van der Waals surface area contributed by atoms with E-state index in [1.54, 1.807) is 6.92 Å². The van der Waals surface area contributed by atoms with Gasteiger partial charge in [0.05, 0.1) is 6.10 Å². The van der Waals surface area contributed by atoms with Gasteiger partial charge in [0.1, 0.15) is 6.04 Å². The third-order valence-corrected chi connectivity index (χ3v) is 2.29. The Morgan fingerprint density at radius 2 is 2.08 bits per heavy atom. The topological polar surface area (TPSA) is 78.6 Å². The zero-order valence-corrected chi connectivity index (χ0v) is 7.86. The molecule has 0 aliphatic carbocycles. The van der Waals surface area contributed by atoms with Crippen LogP contribution in [0.15, 0.2) is 0 Å². The number of carbonyl (C=O) groups is 1. The molecule has 13 heavy (non-hydrogen) atoms. The highest BCUT2D eigenvalue weighted by Gasteiger charge is 2.28. The van der Waals surface area contributed by atoms with Crippen molar-refractivity contribution >= 4 is 5.91 Å². The van der Waals surface area contributed by atoms with E-state index in [0.717, 1.165) is 26.2 Å². The standard InChI is InChI=1S/C8H17N3O2/c1-6(12)7(8(9)13)11-4-2-10-3-5-11/h6-7,10,12H,2-5H2,1H3,(H2,9,13). The summed E-state index contributed by atoms with van der Waals surface area (Å²) in [7, 11) is 0. The molecule has 2 atom stereocenters. The highest BCUT2D eigenvalue weighted by atomic mass is 16.3. The van der Waals surface area contributed by atoms with Crippen molar-refractivity contribution in [3.8, 4) is 0 Å². The van der Waals surface area contributed by atoms with Gasteiger partial charge in [0.15, 0.2) is 0 Å². The quantitative estimate of drug-likeness (QED) is 0.483. The predicted molar refractivity (Wildman–Crippen MR) is 49.1 cm³/mol. The largest absolute Gasteiger partial charge is 0.391 e. The van der Waals surface area contributed by atoms with Gasteiger partial charge in [0, 0.05) is 26.2 Å². The maximum atomic E-state index is 11.0. The van der Waals surface area contributed by atoms with Crippen LogP contribution in [0, 0.1) is 0 Å². The fourth-order valence-electron chi connectivity index (χ4n) is 1.68. The minimum Gasteiger partial charge on any atom is -0.391 e. The molecule has 0 aromatic carbocycles. The van der Waals surface area contributed by atoms with E-state index < -0.39 is 18.1 Å². The van der Waals surface area contributed by atoms with Gasteiger partial charge in [0.2, 0.25) is 5.91 Å². The van der Waals surface area contributed by atoms with Crippen molar-refractivity contribution in [1.29, 1.82) is 0 Å². The number of aliphatic hydroxyl groups excluding tert-OH is 1. The van der Waals surface area contributed by atoms with Gasteiger partial charge in [0.25, 0.3) is 0 Å². The van der Waals surface area contributed by atoms with Crippen LogP contribution in [-0.4, -0.2) is 54.2 Å².